The molecule has 4 nitrogen and oxygen atoms in total. The van der Waals surface area contributed by atoms with Crippen LogP contribution in [-0.2, 0) is 17.9 Å². The molecule has 2 aromatic rings. The van der Waals surface area contributed by atoms with Gasteiger partial charge >= 0.3 is 0 Å². The predicted octanol–water partition coefficient (Wildman–Crippen LogP) is 4.55. The molecule has 0 amide bonds. The second-order valence-electron chi connectivity index (χ2n) is 6.84. The molecule has 4 rings (SSSR count). The summed E-state index contributed by atoms with van der Waals surface area (Å²) in [6.07, 6.45) is 2.98. The molecule has 0 unspecified atom stereocenters. The van der Waals surface area contributed by atoms with Gasteiger partial charge in [-0.05, 0) is 41.8 Å². The molecule has 28 heavy (non-hydrogen) atoms. The molecule has 2 aromatic carbocycles. The highest BCUT2D eigenvalue weighted by Gasteiger charge is 2.25. The van der Waals surface area contributed by atoms with Crippen molar-refractivity contribution in [1.82, 2.24) is 9.80 Å². The van der Waals surface area contributed by atoms with Crippen molar-refractivity contribution < 1.29 is 13.5 Å². The van der Waals surface area contributed by atoms with Crippen LogP contribution in [0.2, 0.25) is 5.02 Å². The molecule has 7 heteroatoms. The molecule has 2 aliphatic rings. The van der Waals surface area contributed by atoms with E-state index in [9.17, 15) is 8.78 Å². The van der Waals surface area contributed by atoms with Gasteiger partial charge in [0.05, 0.1) is 0 Å². The van der Waals surface area contributed by atoms with E-state index in [0.29, 0.717) is 18.1 Å². The average molecular weight is 404 g/mol. The molecule has 0 atom stereocenters. The Balaban J connectivity index is 1.45. The monoisotopic (exact) mass is 403 g/mol. The first-order valence-electron chi connectivity index (χ1n) is 9.16. The number of hydrogen-bond acceptors (Lipinski definition) is 4. The van der Waals surface area contributed by atoms with Crippen LogP contribution in [-0.4, -0.2) is 35.5 Å². The van der Waals surface area contributed by atoms with E-state index in [-0.39, 0.29) is 6.61 Å². The van der Waals surface area contributed by atoms with E-state index in [1.54, 1.807) is 0 Å². The number of nitrogens with zero attached hydrogens (tertiary/aromatic N) is 3. The van der Waals surface area contributed by atoms with Crippen LogP contribution in [0.15, 0.2) is 59.4 Å². The van der Waals surface area contributed by atoms with Gasteiger partial charge in [-0.2, -0.15) is 0 Å². The highest BCUT2D eigenvalue weighted by molar-refractivity contribution is 6.30. The highest BCUT2D eigenvalue weighted by Crippen LogP contribution is 2.24. The van der Waals surface area contributed by atoms with Gasteiger partial charge in [-0.15, -0.1) is 0 Å². The Morgan fingerprint density at radius 2 is 1.79 bits per heavy atom. The molecule has 0 N–H and O–H groups in total. The van der Waals surface area contributed by atoms with E-state index in [4.69, 9.17) is 16.3 Å². The molecule has 0 radical (unpaired) electrons. The zero-order chi connectivity index (χ0) is 19.5. The van der Waals surface area contributed by atoms with Gasteiger partial charge in [0.25, 0.3) is 0 Å². The van der Waals surface area contributed by atoms with Gasteiger partial charge in [-0.1, -0.05) is 29.8 Å². The number of halogens is 3. The van der Waals surface area contributed by atoms with Crippen LogP contribution in [0.3, 0.4) is 0 Å². The smallest absolute Gasteiger partial charge is 0.214 e. The maximum atomic E-state index is 13.4. The van der Waals surface area contributed by atoms with E-state index in [1.165, 1.54) is 11.6 Å². The summed E-state index contributed by atoms with van der Waals surface area (Å²) in [4.78, 5) is 8.96. The van der Waals surface area contributed by atoms with Crippen molar-refractivity contribution >= 4 is 17.5 Å². The van der Waals surface area contributed by atoms with Crippen LogP contribution in [0.4, 0.5) is 8.78 Å². The molecule has 0 aromatic heterocycles. The van der Waals surface area contributed by atoms with Gasteiger partial charge in [0.1, 0.15) is 19.1 Å². The first kappa shape index (κ1) is 18.7. The molecular formula is C21H20ClF2N3O. The molecule has 0 spiro atoms. The Labute approximate surface area is 167 Å². The summed E-state index contributed by atoms with van der Waals surface area (Å²) in [5, 5.41) is 0.723. The minimum absolute atomic E-state index is 0.136. The van der Waals surface area contributed by atoms with Gasteiger partial charge in [0.15, 0.2) is 11.6 Å². The summed E-state index contributed by atoms with van der Waals surface area (Å²) in [5.74, 6) is -0.176. The summed E-state index contributed by atoms with van der Waals surface area (Å²) in [6.45, 7) is 3.33. The van der Waals surface area contributed by atoms with Gasteiger partial charge in [-0.25, -0.2) is 13.8 Å². The third kappa shape index (κ3) is 4.28. The van der Waals surface area contributed by atoms with E-state index in [0.717, 1.165) is 49.0 Å². The average Bonchev–Trinajstić information content (AvgIpc) is 2.71. The third-order valence-electron chi connectivity index (χ3n) is 4.81. The molecule has 1 saturated heterocycles. The van der Waals surface area contributed by atoms with Crippen molar-refractivity contribution in [3.8, 4) is 0 Å². The third-order valence-corrected chi connectivity index (χ3v) is 5.06. The lowest BCUT2D eigenvalue weighted by Crippen LogP contribution is -2.44. The quantitative estimate of drug-likeness (QED) is 0.749. The zero-order valence-corrected chi connectivity index (χ0v) is 16.0. The number of ether oxygens (including phenoxy) is 1. The summed E-state index contributed by atoms with van der Waals surface area (Å²) < 4.78 is 32.2. The van der Waals surface area contributed by atoms with Crippen LogP contribution in [0.25, 0.3) is 0 Å². The second kappa shape index (κ2) is 8.19. The summed E-state index contributed by atoms with van der Waals surface area (Å²) >= 11 is 5.98. The van der Waals surface area contributed by atoms with Crippen molar-refractivity contribution in [2.75, 3.05) is 19.8 Å². The van der Waals surface area contributed by atoms with Gasteiger partial charge in [0, 0.05) is 30.7 Å². The van der Waals surface area contributed by atoms with Crippen LogP contribution in [0.5, 0.6) is 0 Å². The number of benzene rings is 2. The Bertz CT molecular complexity index is 914. The molecule has 0 aliphatic carbocycles. The Kier molecular flexibility index (Phi) is 5.48. The summed E-state index contributed by atoms with van der Waals surface area (Å²) in [6, 6.07) is 11.6. The summed E-state index contributed by atoms with van der Waals surface area (Å²) in [7, 11) is 0. The molecule has 1 fully saturated rings. The molecule has 0 saturated carbocycles. The standard InChI is InChI=1S/C21H20ClF2N3O/c22-17-5-2-15(3-6-17)12-26-8-1-9-27-14-25-20(11-21(26)27)28-13-16-4-7-18(23)19(24)10-16/h2-7,10-11H,1,8-9,12-14H2. The second-order valence-corrected chi connectivity index (χ2v) is 7.28. The van der Waals surface area contributed by atoms with Gasteiger partial charge in [0.2, 0.25) is 5.90 Å². The topological polar surface area (TPSA) is 28.1 Å². The van der Waals surface area contributed by atoms with Crippen molar-refractivity contribution in [3.05, 3.63) is 82.1 Å². The minimum atomic E-state index is -0.877. The van der Waals surface area contributed by atoms with E-state index >= 15 is 0 Å². The van der Waals surface area contributed by atoms with Crippen LogP contribution in [0, 0.1) is 11.6 Å². The lowest BCUT2D eigenvalue weighted by molar-refractivity contribution is 0.149. The largest absolute Gasteiger partial charge is 0.473 e. The van der Waals surface area contributed by atoms with E-state index < -0.39 is 11.6 Å². The SMILES string of the molecule is Fc1ccc(COC2=NCN3CCCN(Cc4ccc(Cl)cc4)C3=C2)cc1F. The number of fused-ring (bicyclic) bond motifs is 1. The number of rotatable bonds is 4. The maximum absolute atomic E-state index is 13.4. The maximum Gasteiger partial charge on any atom is 0.214 e. The van der Waals surface area contributed by atoms with E-state index in [2.05, 4.69) is 14.8 Å². The Morgan fingerprint density at radius 3 is 2.57 bits per heavy atom. The lowest BCUT2D eigenvalue weighted by Gasteiger charge is -2.41. The van der Waals surface area contributed by atoms with Crippen molar-refractivity contribution in [2.24, 2.45) is 4.99 Å². The van der Waals surface area contributed by atoms with Crippen molar-refractivity contribution in [3.63, 3.8) is 0 Å². The van der Waals surface area contributed by atoms with Gasteiger partial charge in [-0.3, -0.25) is 0 Å². The van der Waals surface area contributed by atoms with Crippen LogP contribution < -0.4 is 0 Å². The number of aliphatic imine (C=N–C) groups is 1. The minimum Gasteiger partial charge on any atom is -0.473 e. The lowest BCUT2D eigenvalue weighted by atomic mass is 10.1. The first-order chi connectivity index (χ1) is 13.6. The Hall–Kier alpha value is -2.60. The predicted molar refractivity (Wildman–Crippen MR) is 105 cm³/mol. The van der Waals surface area contributed by atoms with Crippen LogP contribution in [0.1, 0.15) is 17.5 Å². The van der Waals surface area contributed by atoms with E-state index in [1.807, 2.05) is 30.3 Å². The molecule has 2 heterocycles. The fourth-order valence-electron chi connectivity index (χ4n) is 3.36. The molecule has 0 bridgehead atoms. The molecule has 146 valence electrons. The zero-order valence-electron chi connectivity index (χ0n) is 15.2. The Morgan fingerprint density at radius 1 is 1.00 bits per heavy atom. The van der Waals surface area contributed by atoms with Gasteiger partial charge < -0.3 is 14.5 Å². The number of hydrogen-bond donors (Lipinski definition) is 0. The van der Waals surface area contributed by atoms with Crippen molar-refractivity contribution in [2.45, 2.75) is 19.6 Å². The first-order valence-corrected chi connectivity index (χ1v) is 9.53. The molecular weight excluding hydrogens is 384 g/mol. The summed E-state index contributed by atoms with van der Waals surface area (Å²) in [5.41, 5.74) is 1.74. The fraction of sp³-hybridized carbons (Fsp3) is 0.286. The van der Waals surface area contributed by atoms with Crippen molar-refractivity contribution in [1.29, 1.82) is 0 Å². The van der Waals surface area contributed by atoms with Crippen LogP contribution >= 0.6 is 11.6 Å². The normalized spacial score (nSPS) is 16.4. The highest BCUT2D eigenvalue weighted by atomic mass is 35.5. The molecule has 2 aliphatic heterocycles. The fourth-order valence-corrected chi connectivity index (χ4v) is 3.49.